The average molecular weight is 311 g/mol. The van der Waals surface area contributed by atoms with Gasteiger partial charge in [-0.1, -0.05) is 27.2 Å². The summed E-state index contributed by atoms with van der Waals surface area (Å²) in [6, 6.07) is 0. The topological polar surface area (TPSA) is 76.5 Å². The molecule has 0 aliphatic rings. The van der Waals surface area contributed by atoms with Gasteiger partial charge in [0.2, 0.25) is 0 Å². The molecule has 0 saturated carbocycles. The molecule has 21 heavy (non-hydrogen) atoms. The van der Waals surface area contributed by atoms with Gasteiger partial charge in [0.1, 0.15) is 0 Å². The number of carbonyl (C=O) groups excluding carboxylic acids is 2. The van der Waals surface area contributed by atoms with Gasteiger partial charge < -0.3 is 0 Å². The van der Waals surface area contributed by atoms with Gasteiger partial charge in [-0.05, 0) is 12.3 Å². The van der Waals surface area contributed by atoms with Crippen molar-refractivity contribution in [2.24, 2.45) is 5.92 Å². The number of hydrazine groups is 1. The van der Waals surface area contributed by atoms with Crippen LogP contribution in [-0.2, 0) is 9.59 Å². The Morgan fingerprint density at radius 2 is 1.86 bits per heavy atom. The van der Waals surface area contributed by atoms with E-state index in [-0.39, 0.29) is 19.0 Å². The lowest BCUT2D eigenvalue weighted by atomic mass is 10.2. The normalized spacial score (nSPS) is 11.9. The molecule has 2 N–H and O–H groups in total. The molecule has 2 amide bonds. The molecular formula is C12H22F3N4O2. The number of carbonyl (C=O) groups is 2. The van der Waals surface area contributed by atoms with Crippen molar-refractivity contribution in [1.82, 2.24) is 21.3 Å². The van der Waals surface area contributed by atoms with Crippen LogP contribution >= 0.6 is 0 Å². The van der Waals surface area contributed by atoms with E-state index in [0.29, 0.717) is 24.4 Å². The van der Waals surface area contributed by atoms with E-state index in [1.807, 2.05) is 20.8 Å². The Balaban J connectivity index is 4.66. The predicted molar refractivity (Wildman–Crippen MR) is 70.3 cm³/mol. The maximum absolute atomic E-state index is 12.2. The number of rotatable bonds is 7. The Morgan fingerprint density at radius 1 is 1.29 bits per heavy atom. The van der Waals surface area contributed by atoms with Crippen molar-refractivity contribution in [2.45, 2.75) is 39.8 Å². The van der Waals surface area contributed by atoms with Crippen LogP contribution in [0.25, 0.3) is 0 Å². The first-order valence-corrected chi connectivity index (χ1v) is 6.72. The molecule has 0 rings (SSSR count). The first-order valence-electron chi connectivity index (χ1n) is 6.72. The number of nitrogens with one attached hydrogen (secondary N) is 2. The number of unbranched alkanes of at least 4 members (excludes halogenated alkanes) is 1. The highest BCUT2D eigenvalue weighted by molar-refractivity contribution is 5.85. The highest BCUT2D eigenvalue weighted by Crippen LogP contribution is 2.14. The fraction of sp³-hybridized carbons (Fsp3) is 0.833. The Hall–Kier alpha value is -1.35. The van der Waals surface area contributed by atoms with Crippen LogP contribution < -0.4 is 11.3 Å². The van der Waals surface area contributed by atoms with Crippen molar-refractivity contribution in [3.8, 4) is 0 Å². The number of hydrogen-bond acceptors (Lipinski definition) is 3. The zero-order chi connectivity index (χ0) is 16.6. The third-order valence-electron chi connectivity index (χ3n) is 2.44. The fourth-order valence-corrected chi connectivity index (χ4v) is 1.50. The van der Waals surface area contributed by atoms with E-state index in [0.717, 1.165) is 5.01 Å². The van der Waals surface area contributed by atoms with Crippen LogP contribution in [0.4, 0.5) is 13.2 Å². The second kappa shape index (κ2) is 8.83. The molecule has 1 radical (unpaired) electrons. The Labute approximate surface area is 122 Å². The van der Waals surface area contributed by atoms with E-state index in [1.54, 1.807) is 5.43 Å². The highest BCUT2D eigenvalue weighted by Gasteiger charge is 2.40. The van der Waals surface area contributed by atoms with Gasteiger partial charge in [-0.3, -0.25) is 20.0 Å². The molecule has 0 unspecified atom stereocenters. The minimum absolute atomic E-state index is 0.0212. The first kappa shape index (κ1) is 19.7. The molecule has 0 heterocycles. The maximum atomic E-state index is 12.2. The Morgan fingerprint density at radius 3 is 2.29 bits per heavy atom. The van der Waals surface area contributed by atoms with Gasteiger partial charge in [0.15, 0.2) is 0 Å². The summed E-state index contributed by atoms with van der Waals surface area (Å²) in [7, 11) is 0. The molecule has 0 aliphatic heterocycles. The quantitative estimate of drug-likeness (QED) is 0.721. The van der Waals surface area contributed by atoms with E-state index in [9.17, 15) is 22.8 Å². The van der Waals surface area contributed by atoms with Crippen molar-refractivity contribution in [3.63, 3.8) is 0 Å². The van der Waals surface area contributed by atoms with Crippen LogP contribution in [0.15, 0.2) is 0 Å². The van der Waals surface area contributed by atoms with Gasteiger partial charge in [-0.25, -0.2) is 5.01 Å². The predicted octanol–water partition coefficient (Wildman–Crippen LogP) is 1.36. The van der Waals surface area contributed by atoms with Crippen LogP contribution in [0.5, 0.6) is 0 Å². The zero-order valence-electron chi connectivity index (χ0n) is 12.5. The van der Waals surface area contributed by atoms with Crippen molar-refractivity contribution in [3.05, 3.63) is 0 Å². The van der Waals surface area contributed by atoms with Gasteiger partial charge in [-0.15, -0.1) is 0 Å². The molecule has 0 fully saturated rings. The smallest absolute Gasteiger partial charge is 0.271 e. The molecule has 0 aliphatic carbocycles. The molecule has 0 bridgehead atoms. The molecule has 123 valence electrons. The van der Waals surface area contributed by atoms with E-state index < -0.39 is 18.0 Å². The van der Waals surface area contributed by atoms with Crippen LogP contribution in [-0.4, -0.2) is 47.6 Å². The van der Waals surface area contributed by atoms with Crippen molar-refractivity contribution < 1.29 is 22.8 Å². The third kappa shape index (κ3) is 8.51. The van der Waals surface area contributed by atoms with Crippen molar-refractivity contribution in [2.75, 3.05) is 19.6 Å². The lowest BCUT2D eigenvalue weighted by Crippen LogP contribution is -2.53. The monoisotopic (exact) mass is 311 g/mol. The maximum Gasteiger partial charge on any atom is 0.472 e. The minimum atomic E-state index is -5.05. The van der Waals surface area contributed by atoms with Gasteiger partial charge in [0.05, 0.1) is 6.54 Å². The van der Waals surface area contributed by atoms with Gasteiger partial charge in [0.25, 0.3) is 5.91 Å². The third-order valence-corrected chi connectivity index (χ3v) is 2.44. The molecule has 0 spiro atoms. The molecule has 6 nitrogen and oxygen atoms in total. The lowest BCUT2D eigenvalue weighted by Gasteiger charge is -2.26. The molecule has 0 aromatic carbocycles. The van der Waals surface area contributed by atoms with Gasteiger partial charge in [-0.2, -0.15) is 19.0 Å². The van der Waals surface area contributed by atoms with E-state index in [4.69, 9.17) is 5.84 Å². The zero-order valence-corrected chi connectivity index (χ0v) is 12.5. The van der Waals surface area contributed by atoms with Crippen LogP contribution in [0.3, 0.4) is 0 Å². The summed E-state index contributed by atoms with van der Waals surface area (Å²) in [5, 5.41) is 1.60. The second-order valence-electron chi connectivity index (χ2n) is 5.11. The van der Waals surface area contributed by atoms with Gasteiger partial charge >= 0.3 is 12.1 Å². The number of alkyl halides is 3. The fourth-order valence-electron chi connectivity index (χ4n) is 1.50. The SMILES string of the molecule is CCCCN(NC(=O)C(F)(F)F)C(=O)CN([NH])CC(C)C. The summed E-state index contributed by atoms with van der Waals surface area (Å²) in [6.45, 7) is 5.43. The first-order chi connectivity index (χ1) is 9.57. The Bertz CT molecular complexity index is 348. The number of amides is 2. The standard InChI is InChI=1S/C12H22F3N4O2/c1-4-5-6-19(17-11(21)12(13,14)15)10(20)8-18(16)7-9(2)3/h9,16H,4-8H2,1-3H3,(H,17,21). The largest absolute Gasteiger partial charge is 0.472 e. The van der Waals surface area contributed by atoms with E-state index >= 15 is 0 Å². The molecule has 0 saturated heterocycles. The highest BCUT2D eigenvalue weighted by atomic mass is 19.4. The lowest BCUT2D eigenvalue weighted by molar-refractivity contribution is -0.180. The van der Waals surface area contributed by atoms with E-state index in [1.165, 1.54) is 0 Å². The minimum Gasteiger partial charge on any atom is -0.271 e. The summed E-state index contributed by atoms with van der Waals surface area (Å²) in [5.41, 5.74) is 1.56. The van der Waals surface area contributed by atoms with Crippen LogP contribution in [0, 0.1) is 5.92 Å². The summed E-state index contributed by atoms with van der Waals surface area (Å²) in [5.74, 6) is 4.78. The molecule has 9 heteroatoms. The summed E-state index contributed by atoms with van der Waals surface area (Å²) < 4.78 is 36.7. The van der Waals surface area contributed by atoms with Gasteiger partial charge in [0, 0.05) is 13.1 Å². The van der Waals surface area contributed by atoms with Crippen molar-refractivity contribution >= 4 is 11.8 Å². The van der Waals surface area contributed by atoms with Crippen LogP contribution in [0.1, 0.15) is 33.6 Å². The molecule has 0 aromatic rings. The molecule has 0 atom stereocenters. The summed E-state index contributed by atoms with van der Waals surface area (Å²) in [6.07, 6.45) is -3.95. The Kier molecular flexibility index (Phi) is 8.26. The second-order valence-corrected chi connectivity index (χ2v) is 5.11. The van der Waals surface area contributed by atoms with Crippen LogP contribution in [0.2, 0.25) is 0 Å². The van der Waals surface area contributed by atoms with Crippen molar-refractivity contribution in [1.29, 1.82) is 0 Å². The number of hydrogen-bond donors (Lipinski definition) is 1. The number of nitrogens with zero attached hydrogens (tertiary/aromatic N) is 2. The number of halogens is 3. The summed E-state index contributed by atoms with van der Waals surface area (Å²) >= 11 is 0. The van der Waals surface area contributed by atoms with E-state index in [2.05, 4.69) is 0 Å². The average Bonchev–Trinajstić information content (AvgIpc) is 2.31. The molecule has 0 aromatic heterocycles. The summed E-state index contributed by atoms with van der Waals surface area (Å²) in [4.78, 5) is 22.8. The molecular weight excluding hydrogens is 289 g/mol.